The van der Waals surface area contributed by atoms with Crippen LogP contribution in [0.5, 0.6) is 0 Å². The summed E-state index contributed by atoms with van der Waals surface area (Å²) in [6.45, 7) is 1.58. The zero-order valence-corrected chi connectivity index (χ0v) is 13.5. The van der Waals surface area contributed by atoms with Gasteiger partial charge in [-0.3, -0.25) is 9.59 Å². The number of ether oxygens (including phenoxy) is 1. The second-order valence-corrected chi connectivity index (χ2v) is 5.08. The molecule has 0 saturated heterocycles. The number of hydrogen-bond donors (Lipinski definition) is 3. The fourth-order valence-electron chi connectivity index (χ4n) is 2.02. The smallest absolute Gasteiger partial charge is 0.291 e. The zero-order chi connectivity index (χ0) is 17.2. The van der Waals surface area contributed by atoms with E-state index in [1.165, 1.54) is 6.26 Å². The summed E-state index contributed by atoms with van der Waals surface area (Å²) < 4.78 is 9.97. The lowest BCUT2D eigenvalue weighted by Crippen LogP contribution is -2.29. The molecule has 2 amide bonds. The number of anilines is 2. The van der Waals surface area contributed by atoms with E-state index in [0.717, 1.165) is 6.42 Å². The molecule has 0 unspecified atom stereocenters. The largest absolute Gasteiger partial charge is 0.459 e. The molecule has 0 saturated carbocycles. The van der Waals surface area contributed by atoms with Crippen molar-refractivity contribution in [1.29, 1.82) is 0 Å². The number of carbonyl (C=O) groups excluding carboxylic acids is 2. The Kier molecular flexibility index (Phi) is 7.00. The van der Waals surface area contributed by atoms with E-state index in [9.17, 15) is 9.59 Å². The molecule has 1 aromatic heterocycles. The van der Waals surface area contributed by atoms with Crippen molar-refractivity contribution in [2.75, 3.05) is 37.4 Å². The first kappa shape index (κ1) is 17.7. The van der Waals surface area contributed by atoms with Gasteiger partial charge in [-0.05, 0) is 43.3 Å². The Balaban J connectivity index is 1.81. The molecule has 7 nitrogen and oxygen atoms in total. The fourth-order valence-corrected chi connectivity index (χ4v) is 2.02. The Labute approximate surface area is 140 Å². The quantitative estimate of drug-likeness (QED) is 0.612. The summed E-state index contributed by atoms with van der Waals surface area (Å²) in [4.78, 5) is 23.8. The van der Waals surface area contributed by atoms with Crippen LogP contribution in [0, 0.1) is 0 Å². The van der Waals surface area contributed by atoms with Crippen LogP contribution in [0.2, 0.25) is 0 Å². The maximum atomic E-state index is 11.9. The molecule has 3 N–H and O–H groups in total. The normalized spacial score (nSPS) is 10.4. The molecule has 0 fully saturated rings. The fraction of sp³-hybridized carbons (Fsp3) is 0.294. The summed E-state index contributed by atoms with van der Waals surface area (Å²) in [5.41, 5.74) is 1.18. The maximum absolute atomic E-state index is 11.9. The SMILES string of the molecule is COCCCNCC(=O)Nc1cccc(NC(=O)c2ccco2)c1. The van der Waals surface area contributed by atoms with Gasteiger partial charge in [-0.25, -0.2) is 0 Å². The standard InChI is InChI=1S/C17H21N3O4/c1-23-9-4-8-18-12-16(21)19-13-5-2-6-14(11-13)20-17(22)15-7-3-10-24-15/h2-3,5-7,10-11,18H,4,8-9,12H2,1H3,(H,19,21)(H,20,22). The minimum absolute atomic E-state index is 0.151. The van der Waals surface area contributed by atoms with Crippen molar-refractivity contribution in [3.8, 4) is 0 Å². The minimum Gasteiger partial charge on any atom is -0.459 e. The van der Waals surface area contributed by atoms with Crippen molar-refractivity contribution in [2.24, 2.45) is 0 Å². The van der Waals surface area contributed by atoms with Crippen LogP contribution in [-0.2, 0) is 9.53 Å². The number of benzene rings is 1. The van der Waals surface area contributed by atoms with Crippen molar-refractivity contribution >= 4 is 23.2 Å². The van der Waals surface area contributed by atoms with Crippen molar-refractivity contribution < 1.29 is 18.7 Å². The highest BCUT2D eigenvalue weighted by Crippen LogP contribution is 2.16. The van der Waals surface area contributed by atoms with Gasteiger partial charge in [0.05, 0.1) is 12.8 Å². The molecule has 0 atom stereocenters. The van der Waals surface area contributed by atoms with E-state index in [1.54, 1.807) is 43.5 Å². The third kappa shape index (κ3) is 5.86. The Bertz CT molecular complexity index is 656. The molecule has 0 aliphatic rings. The van der Waals surface area contributed by atoms with Gasteiger partial charge in [0, 0.05) is 25.1 Å². The van der Waals surface area contributed by atoms with Crippen LogP contribution in [-0.4, -0.2) is 38.6 Å². The molecule has 2 rings (SSSR count). The average molecular weight is 331 g/mol. The van der Waals surface area contributed by atoms with Crippen molar-refractivity contribution in [2.45, 2.75) is 6.42 Å². The molecule has 0 aliphatic carbocycles. The molecule has 0 aliphatic heterocycles. The van der Waals surface area contributed by atoms with Gasteiger partial charge in [0.1, 0.15) is 0 Å². The molecule has 2 aromatic rings. The topological polar surface area (TPSA) is 92.6 Å². The molecule has 0 spiro atoms. The number of hydrogen-bond acceptors (Lipinski definition) is 5. The summed E-state index contributed by atoms with van der Waals surface area (Å²) in [6.07, 6.45) is 2.28. The van der Waals surface area contributed by atoms with E-state index in [1.807, 2.05) is 0 Å². The van der Waals surface area contributed by atoms with Gasteiger partial charge in [0.25, 0.3) is 5.91 Å². The summed E-state index contributed by atoms with van der Waals surface area (Å²) in [5.74, 6) is -0.269. The highest BCUT2D eigenvalue weighted by atomic mass is 16.5. The van der Waals surface area contributed by atoms with E-state index >= 15 is 0 Å². The number of amides is 2. The van der Waals surface area contributed by atoms with E-state index in [0.29, 0.717) is 24.5 Å². The summed E-state index contributed by atoms with van der Waals surface area (Å²) in [7, 11) is 1.64. The lowest BCUT2D eigenvalue weighted by atomic mass is 10.2. The zero-order valence-electron chi connectivity index (χ0n) is 13.5. The van der Waals surface area contributed by atoms with Crippen LogP contribution in [0.1, 0.15) is 17.0 Å². The summed E-state index contributed by atoms with van der Waals surface area (Å²) >= 11 is 0. The monoisotopic (exact) mass is 331 g/mol. The molecule has 0 radical (unpaired) electrons. The first-order valence-corrected chi connectivity index (χ1v) is 7.63. The highest BCUT2D eigenvalue weighted by molar-refractivity contribution is 6.02. The molecular weight excluding hydrogens is 310 g/mol. The first-order chi connectivity index (χ1) is 11.7. The molecule has 128 valence electrons. The number of rotatable bonds is 9. The van der Waals surface area contributed by atoms with Crippen LogP contribution >= 0.6 is 0 Å². The lowest BCUT2D eigenvalue weighted by Gasteiger charge is -2.09. The number of furan rings is 1. The number of methoxy groups -OCH3 is 1. The molecule has 24 heavy (non-hydrogen) atoms. The van der Waals surface area contributed by atoms with Crippen LogP contribution in [0.25, 0.3) is 0 Å². The van der Waals surface area contributed by atoms with E-state index < -0.39 is 0 Å². The number of nitrogens with one attached hydrogen (secondary N) is 3. The van der Waals surface area contributed by atoms with E-state index in [-0.39, 0.29) is 24.1 Å². The van der Waals surface area contributed by atoms with Gasteiger partial charge in [0.15, 0.2) is 5.76 Å². The Morgan fingerprint density at radius 2 is 1.92 bits per heavy atom. The molecular formula is C17H21N3O4. The second-order valence-electron chi connectivity index (χ2n) is 5.08. The Hall–Kier alpha value is -2.64. The van der Waals surface area contributed by atoms with Gasteiger partial charge in [-0.1, -0.05) is 6.07 Å². The van der Waals surface area contributed by atoms with Crippen LogP contribution < -0.4 is 16.0 Å². The van der Waals surface area contributed by atoms with Crippen molar-refractivity contribution in [3.05, 3.63) is 48.4 Å². The predicted octanol–water partition coefficient (Wildman–Crippen LogP) is 2.10. The summed E-state index contributed by atoms with van der Waals surface area (Å²) in [6, 6.07) is 10.1. The Morgan fingerprint density at radius 3 is 2.62 bits per heavy atom. The second kappa shape index (κ2) is 9.49. The molecule has 0 bridgehead atoms. The van der Waals surface area contributed by atoms with Crippen LogP contribution in [0.15, 0.2) is 47.1 Å². The van der Waals surface area contributed by atoms with E-state index in [4.69, 9.17) is 9.15 Å². The minimum atomic E-state index is -0.344. The van der Waals surface area contributed by atoms with Crippen LogP contribution in [0.3, 0.4) is 0 Å². The van der Waals surface area contributed by atoms with Gasteiger partial charge in [-0.15, -0.1) is 0 Å². The summed E-state index contributed by atoms with van der Waals surface area (Å²) in [5, 5.41) is 8.52. The third-order valence-corrected chi connectivity index (χ3v) is 3.14. The van der Waals surface area contributed by atoms with Crippen molar-refractivity contribution in [3.63, 3.8) is 0 Å². The van der Waals surface area contributed by atoms with Gasteiger partial charge in [-0.2, -0.15) is 0 Å². The molecule has 7 heteroatoms. The van der Waals surface area contributed by atoms with Crippen LogP contribution in [0.4, 0.5) is 11.4 Å². The van der Waals surface area contributed by atoms with E-state index in [2.05, 4.69) is 16.0 Å². The first-order valence-electron chi connectivity index (χ1n) is 7.63. The molecule has 1 heterocycles. The van der Waals surface area contributed by atoms with Crippen molar-refractivity contribution in [1.82, 2.24) is 5.32 Å². The predicted molar refractivity (Wildman–Crippen MR) is 91.1 cm³/mol. The Morgan fingerprint density at radius 1 is 1.12 bits per heavy atom. The highest BCUT2D eigenvalue weighted by Gasteiger charge is 2.09. The lowest BCUT2D eigenvalue weighted by molar-refractivity contribution is -0.115. The maximum Gasteiger partial charge on any atom is 0.291 e. The average Bonchev–Trinajstić information content (AvgIpc) is 3.09. The van der Waals surface area contributed by atoms with Gasteiger partial charge >= 0.3 is 0 Å². The third-order valence-electron chi connectivity index (χ3n) is 3.14. The molecule has 1 aromatic carbocycles. The number of carbonyl (C=O) groups is 2. The van der Waals surface area contributed by atoms with Gasteiger partial charge < -0.3 is 25.1 Å². The van der Waals surface area contributed by atoms with Gasteiger partial charge in [0.2, 0.25) is 5.91 Å².